The molecule has 0 bridgehead atoms. The zero-order valence-corrected chi connectivity index (χ0v) is 22.7. The van der Waals surface area contributed by atoms with Crippen molar-refractivity contribution in [3.05, 3.63) is 114 Å². The van der Waals surface area contributed by atoms with Crippen molar-refractivity contribution in [3.8, 4) is 0 Å². The molecule has 0 aliphatic rings. The second kappa shape index (κ2) is 12.2. The Morgan fingerprint density at radius 1 is 0.973 bits per heavy atom. The summed E-state index contributed by atoms with van der Waals surface area (Å²) in [7, 11) is 0. The molecule has 190 valence electrons. The summed E-state index contributed by atoms with van der Waals surface area (Å²) in [5, 5.41) is 0.772. The number of imidazole rings is 1. The summed E-state index contributed by atoms with van der Waals surface area (Å²) in [6, 6.07) is 24.9. The van der Waals surface area contributed by atoms with Gasteiger partial charge in [-0.25, -0.2) is 9.97 Å². The number of aryl methyl sites for hydroxylation is 3. The summed E-state index contributed by atoms with van der Waals surface area (Å²) in [5.41, 5.74) is 5.67. The van der Waals surface area contributed by atoms with E-state index in [-0.39, 0.29) is 24.2 Å². The van der Waals surface area contributed by atoms with Crippen LogP contribution in [0.2, 0.25) is 0 Å². The van der Waals surface area contributed by atoms with Gasteiger partial charge in [-0.2, -0.15) is 0 Å². The van der Waals surface area contributed by atoms with Gasteiger partial charge in [0.15, 0.2) is 5.13 Å². The fraction of sp³-hybridized carbons (Fsp3) is 0.233. The second-order valence-corrected chi connectivity index (χ2v) is 10.1. The van der Waals surface area contributed by atoms with Crippen LogP contribution in [0, 0.1) is 13.8 Å². The monoisotopic (exact) mass is 530 g/mol. The maximum absolute atomic E-state index is 14.0. The van der Waals surface area contributed by atoms with Crippen LogP contribution < -0.4 is 4.90 Å². The van der Waals surface area contributed by atoms with Gasteiger partial charge in [0.05, 0.1) is 16.5 Å². The van der Waals surface area contributed by atoms with E-state index in [1.807, 2.05) is 58.4 Å². The maximum Gasteiger partial charge on any atom is 0.229 e. The highest BCUT2D eigenvalue weighted by Gasteiger charge is 2.25. The van der Waals surface area contributed by atoms with Crippen LogP contribution in [-0.2, 0) is 11.3 Å². The molecule has 2 heterocycles. The molecule has 37 heavy (non-hydrogen) atoms. The normalized spacial score (nSPS) is 11.0. The largest absolute Gasteiger partial charge is 0.337 e. The molecule has 7 heteroatoms. The lowest BCUT2D eigenvalue weighted by Gasteiger charge is -2.24. The van der Waals surface area contributed by atoms with Crippen molar-refractivity contribution in [2.24, 2.45) is 0 Å². The van der Waals surface area contributed by atoms with Gasteiger partial charge in [-0.3, -0.25) is 9.69 Å². The van der Waals surface area contributed by atoms with Crippen LogP contribution in [0.3, 0.4) is 0 Å². The highest BCUT2D eigenvalue weighted by molar-refractivity contribution is 7.22. The summed E-state index contributed by atoms with van der Waals surface area (Å²) in [5.74, 6) is 0.0705. The van der Waals surface area contributed by atoms with Gasteiger partial charge in [0, 0.05) is 37.8 Å². The number of hydrogen-bond acceptors (Lipinski definition) is 4. The molecule has 3 aromatic carbocycles. The van der Waals surface area contributed by atoms with Crippen LogP contribution in [-0.4, -0.2) is 27.0 Å². The minimum Gasteiger partial charge on any atom is -0.337 e. The Morgan fingerprint density at radius 3 is 2.27 bits per heavy atom. The van der Waals surface area contributed by atoms with Crippen LogP contribution in [0.1, 0.15) is 41.0 Å². The predicted octanol–water partition coefficient (Wildman–Crippen LogP) is 7.18. The third-order valence-corrected chi connectivity index (χ3v) is 7.79. The maximum atomic E-state index is 14.0. The molecule has 5 aromatic rings. The van der Waals surface area contributed by atoms with E-state index in [1.54, 1.807) is 17.5 Å². The number of halogens is 1. The summed E-state index contributed by atoms with van der Waals surface area (Å²) in [4.78, 5) is 25.0. The molecule has 5 nitrogen and oxygen atoms in total. The van der Waals surface area contributed by atoms with Crippen LogP contribution >= 0.6 is 23.7 Å². The van der Waals surface area contributed by atoms with E-state index < -0.39 is 0 Å². The molecule has 2 aromatic heterocycles. The third kappa shape index (κ3) is 6.09. The number of carbonyl (C=O) groups is 1. The topological polar surface area (TPSA) is 51.0 Å². The average molecular weight is 531 g/mol. The Labute approximate surface area is 228 Å². The molecule has 0 atom stereocenters. The van der Waals surface area contributed by atoms with Crippen LogP contribution in [0.15, 0.2) is 91.5 Å². The zero-order chi connectivity index (χ0) is 24.9. The fourth-order valence-corrected chi connectivity index (χ4v) is 5.64. The number of thiazole rings is 1. The molecule has 0 saturated carbocycles. The van der Waals surface area contributed by atoms with Crippen molar-refractivity contribution in [1.82, 2.24) is 14.5 Å². The van der Waals surface area contributed by atoms with Crippen molar-refractivity contribution >= 4 is 45.0 Å². The standard InChI is InChI=1S/C30H30N4OS.ClH/c1-22-14-15-27-29(23(22)2)32-30(36-27)34(18-9-17-33-19-16-31-21-33)28(35)20-26(24-10-5-3-6-11-24)25-12-7-4-8-13-25;/h3-8,10-16,19,21,26H,9,17-18,20H2,1-2H3;1H. The van der Waals surface area contributed by atoms with Crippen molar-refractivity contribution in [2.45, 2.75) is 39.2 Å². The van der Waals surface area contributed by atoms with E-state index in [9.17, 15) is 4.79 Å². The Morgan fingerprint density at radius 2 is 1.65 bits per heavy atom. The summed E-state index contributed by atoms with van der Waals surface area (Å²) in [6.45, 7) is 5.61. The minimum absolute atomic E-state index is 0. The number of aromatic nitrogens is 3. The lowest BCUT2D eigenvalue weighted by Crippen LogP contribution is -2.33. The van der Waals surface area contributed by atoms with E-state index >= 15 is 0 Å². The Bertz CT molecular complexity index is 1400. The van der Waals surface area contributed by atoms with E-state index in [4.69, 9.17) is 4.98 Å². The number of amides is 1. The van der Waals surface area contributed by atoms with Gasteiger partial charge in [0.1, 0.15) is 0 Å². The van der Waals surface area contributed by atoms with Crippen LogP contribution in [0.4, 0.5) is 5.13 Å². The molecule has 0 unspecified atom stereocenters. The highest BCUT2D eigenvalue weighted by Crippen LogP contribution is 2.34. The fourth-order valence-electron chi connectivity index (χ4n) is 4.57. The molecular formula is C30H31ClN4OS. The molecular weight excluding hydrogens is 500 g/mol. The lowest BCUT2D eigenvalue weighted by atomic mass is 9.88. The quantitative estimate of drug-likeness (QED) is 0.203. The van der Waals surface area contributed by atoms with E-state index in [0.29, 0.717) is 13.0 Å². The molecule has 0 fully saturated rings. The molecule has 0 N–H and O–H groups in total. The molecule has 5 rings (SSSR count). The van der Waals surface area contributed by atoms with E-state index in [0.717, 1.165) is 39.4 Å². The number of hydrogen-bond donors (Lipinski definition) is 0. The van der Waals surface area contributed by atoms with Crippen LogP contribution in [0.25, 0.3) is 10.2 Å². The minimum atomic E-state index is -0.0191. The van der Waals surface area contributed by atoms with Gasteiger partial charge in [-0.15, -0.1) is 12.4 Å². The number of rotatable bonds is 9. The molecule has 0 aliphatic heterocycles. The molecule has 0 spiro atoms. The number of anilines is 1. The summed E-state index contributed by atoms with van der Waals surface area (Å²) in [6.07, 6.45) is 6.75. The van der Waals surface area contributed by atoms with Gasteiger partial charge in [0.2, 0.25) is 5.91 Å². The second-order valence-electron chi connectivity index (χ2n) is 9.13. The SMILES string of the molecule is Cc1ccc2sc(N(CCCn3ccnc3)C(=O)CC(c3ccccc3)c3ccccc3)nc2c1C.Cl. The first-order valence-electron chi connectivity index (χ1n) is 12.3. The van der Waals surface area contributed by atoms with Crippen molar-refractivity contribution in [2.75, 3.05) is 11.4 Å². The smallest absolute Gasteiger partial charge is 0.229 e. The Balaban J connectivity index is 0.00000320. The summed E-state index contributed by atoms with van der Waals surface area (Å²) < 4.78 is 3.16. The van der Waals surface area contributed by atoms with Crippen molar-refractivity contribution in [3.63, 3.8) is 0 Å². The van der Waals surface area contributed by atoms with Gasteiger partial charge in [-0.05, 0) is 48.6 Å². The van der Waals surface area contributed by atoms with E-state index in [2.05, 4.69) is 55.2 Å². The first-order valence-corrected chi connectivity index (χ1v) is 13.1. The number of nitrogens with zero attached hydrogens (tertiary/aromatic N) is 4. The molecule has 0 saturated heterocycles. The lowest BCUT2D eigenvalue weighted by molar-refractivity contribution is -0.118. The Hall–Kier alpha value is -3.48. The predicted molar refractivity (Wildman–Crippen MR) is 155 cm³/mol. The van der Waals surface area contributed by atoms with Crippen molar-refractivity contribution < 1.29 is 4.79 Å². The van der Waals surface area contributed by atoms with Gasteiger partial charge in [0.25, 0.3) is 0 Å². The first kappa shape index (κ1) is 26.6. The molecule has 0 aliphatic carbocycles. The number of benzene rings is 3. The molecule has 0 radical (unpaired) electrons. The van der Waals surface area contributed by atoms with E-state index in [1.165, 1.54) is 11.1 Å². The van der Waals surface area contributed by atoms with Gasteiger partial charge in [-0.1, -0.05) is 78.1 Å². The number of fused-ring (bicyclic) bond motifs is 1. The molecule has 1 amide bonds. The average Bonchev–Trinajstić information content (AvgIpc) is 3.59. The Kier molecular flexibility index (Phi) is 8.74. The van der Waals surface area contributed by atoms with Gasteiger partial charge >= 0.3 is 0 Å². The van der Waals surface area contributed by atoms with Gasteiger partial charge < -0.3 is 4.57 Å². The highest BCUT2D eigenvalue weighted by atomic mass is 35.5. The van der Waals surface area contributed by atoms with Crippen LogP contribution in [0.5, 0.6) is 0 Å². The first-order chi connectivity index (χ1) is 17.6. The van der Waals surface area contributed by atoms with Crippen molar-refractivity contribution in [1.29, 1.82) is 0 Å². The zero-order valence-electron chi connectivity index (χ0n) is 21.1. The summed E-state index contributed by atoms with van der Waals surface area (Å²) >= 11 is 1.60. The third-order valence-electron chi connectivity index (χ3n) is 6.75. The number of carbonyl (C=O) groups excluding carboxylic acids is 1.